The van der Waals surface area contributed by atoms with Crippen LogP contribution in [0.5, 0.6) is 0 Å². The fourth-order valence-electron chi connectivity index (χ4n) is 2.50. The summed E-state index contributed by atoms with van der Waals surface area (Å²) in [7, 11) is 0. The summed E-state index contributed by atoms with van der Waals surface area (Å²) in [5, 5.41) is 15.5. The summed E-state index contributed by atoms with van der Waals surface area (Å²) in [6, 6.07) is 1.43. The van der Waals surface area contributed by atoms with Crippen molar-refractivity contribution in [2.75, 3.05) is 11.9 Å². The summed E-state index contributed by atoms with van der Waals surface area (Å²) in [4.78, 5) is 48.3. The molecule has 0 bridgehead atoms. The largest absolute Gasteiger partial charge is 0.481 e. The summed E-state index contributed by atoms with van der Waals surface area (Å²) in [6.45, 7) is 6.90. The van der Waals surface area contributed by atoms with Gasteiger partial charge in [-0.3, -0.25) is 14.3 Å². The van der Waals surface area contributed by atoms with E-state index < -0.39 is 29.9 Å². The molecule has 2 rings (SSSR count). The first kappa shape index (κ1) is 23.1. The SMILES string of the molecule is CCOC(=O)c1sc(NC(=O)c2ccn(CCC(=O)O)n2)c(C(=O)OC(C)C)c1C. The second kappa shape index (κ2) is 10.0. The van der Waals surface area contributed by atoms with E-state index in [1.165, 1.54) is 16.9 Å². The average Bonchev–Trinajstić information content (AvgIpc) is 3.24. The van der Waals surface area contributed by atoms with Gasteiger partial charge in [0.15, 0.2) is 5.69 Å². The van der Waals surface area contributed by atoms with Gasteiger partial charge in [-0.2, -0.15) is 5.10 Å². The highest BCUT2D eigenvalue weighted by Crippen LogP contribution is 2.34. The van der Waals surface area contributed by atoms with E-state index in [1.807, 2.05) is 0 Å². The van der Waals surface area contributed by atoms with Crippen LogP contribution in [0, 0.1) is 6.92 Å². The number of aromatic nitrogens is 2. The Kier molecular flexibility index (Phi) is 7.70. The van der Waals surface area contributed by atoms with Crippen molar-refractivity contribution >= 4 is 40.2 Å². The van der Waals surface area contributed by atoms with Crippen LogP contribution in [0.15, 0.2) is 12.3 Å². The van der Waals surface area contributed by atoms with Crippen molar-refractivity contribution < 1.29 is 33.8 Å². The van der Waals surface area contributed by atoms with Gasteiger partial charge in [0.25, 0.3) is 5.91 Å². The van der Waals surface area contributed by atoms with Gasteiger partial charge in [0, 0.05) is 6.20 Å². The molecule has 0 unspecified atom stereocenters. The molecule has 2 aromatic rings. The van der Waals surface area contributed by atoms with Gasteiger partial charge in [0.05, 0.1) is 31.2 Å². The predicted molar refractivity (Wildman–Crippen MR) is 108 cm³/mol. The molecule has 0 radical (unpaired) electrons. The van der Waals surface area contributed by atoms with Crippen LogP contribution >= 0.6 is 11.3 Å². The van der Waals surface area contributed by atoms with Gasteiger partial charge < -0.3 is 19.9 Å². The quantitative estimate of drug-likeness (QED) is 0.571. The fourth-order valence-corrected chi connectivity index (χ4v) is 3.58. The molecule has 11 heteroatoms. The van der Waals surface area contributed by atoms with Crippen LogP contribution in [0.2, 0.25) is 0 Å². The summed E-state index contributed by atoms with van der Waals surface area (Å²) in [5.74, 6) is -2.86. The Morgan fingerprint density at radius 1 is 1.27 bits per heavy atom. The highest BCUT2D eigenvalue weighted by Gasteiger charge is 2.28. The average molecular weight is 437 g/mol. The second-order valence-electron chi connectivity index (χ2n) is 6.50. The fraction of sp³-hybridized carbons (Fsp3) is 0.421. The van der Waals surface area contributed by atoms with Crippen molar-refractivity contribution in [1.29, 1.82) is 0 Å². The van der Waals surface area contributed by atoms with E-state index in [-0.39, 0.29) is 40.7 Å². The number of ether oxygens (including phenoxy) is 2. The molecule has 162 valence electrons. The third kappa shape index (κ3) is 5.66. The number of hydrogen-bond acceptors (Lipinski definition) is 8. The van der Waals surface area contributed by atoms with Crippen LogP contribution < -0.4 is 5.32 Å². The molecular formula is C19H23N3O7S. The molecule has 0 saturated heterocycles. The molecule has 0 atom stereocenters. The highest BCUT2D eigenvalue weighted by molar-refractivity contribution is 7.18. The van der Waals surface area contributed by atoms with Gasteiger partial charge in [-0.1, -0.05) is 0 Å². The van der Waals surface area contributed by atoms with Gasteiger partial charge in [-0.05, 0) is 39.3 Å². The van der Waals surface area contributed by atoms with Crippen molar-refractivity contribution in [3.05, 3.63) is 34.0 Å². The number of esters is 2. The van der Waals surface area contributed by atoms with Gasteiger partial charge in [-0.15, -0.1) is 11.3 Å². The van der Waals surface area contributed by atoms with Crippen LogP contribution in [0.3, 0.4) is 0 Å². The minimum absolute atomic E-state index is 0.0345. The van der Waals surface area contributed by atoms with Gasteiger partial charge in [0.1, 0.15) is 9.88 Å². The molecule has 0 saturated carbocycles. The first-order valence-corrected chi connectivity index (χ1v) is 10.0. The molecule has 2 aromatic heterocycles. The Hall–Kier alpha value is -3.21. The maximum Gasteiger partial charge on any atom is 0.348 e. The number of carbonyl (C=O) groups excluding carboxylic acids is 3. The molecule has 0 spiro atoms. The number of carbonyl (C=O) groups is 4. The van der Waals surface area contributed by atoms with E-state index in [2.05, 4.69) is 10.4 Å². The van der Waals surface area contributed by atoms with E-state index in [4.69, 9.17) is 14.6 Å². The molecule has 2 heterocycles. The third-order valence-electron chi connectivity index (χ3n) is 3.81. The van der Waals surface area contributed by atoms with Gasteiger partial charge in [-0.25, -0.2) is 9.59 Å². The van der Waals surface area contributed by atoms with Gasteiger partial charge >= 0.3 is 17.9 Å². The molecule has 10 nitrogen and oxygen atoms in total. The number of rotatable bonds is 9. The standard InChI is InChI=1S/C19H23N3O7S/c1-5-28-19(27)15-11(4)14(18(26)29-10(2)3)17(30-15)20-16(25)12-6-8-22(21-12)9-7-13(23)24/h6,8,10H,5,7,9H2,1-4H3,(H,20,25)(H,23,24). The molecule has 0 aliphatic heterocycles. The van der Waals surface area contributed by atoms with Crippen LogP contribution in [0.4, 0.5) is 5.00 Å². The number of amides is 1. The summed E-state index contributed by atoms with van der Waals surface area (Å²) in [5.41, 5.74) is 0.467. The molecule has 30 heavy (non-hydrogen) atoms. The molecule has 0 fully saturated rings. The molecule has 0 aliphatic carbocycles. The number of thiophene rings is 1. The van der Waals surface area contributed by atoms with Crippen molar-refractivity contribution in [2.45, 2.75) is 46.8 Å². The van der Waals surface area contributed by atoms with Crippen LogP contribution in [0.1, 0.15) is 63.3 Å². The number of carboxylic acids is 1. The summed E-state index contributed by atoms with van der Waals surface area (Å²) < 4.78 is 11.6. The summed E-state index contributed by atoms with van der Waals surface area (Å²) in [6.07, 6.45) is 0.951. The number of nitrogens with one attached hydrogen (secondary N) is 1. The maximum atomic E-state index is 12.6. The highest BCUT2D eigenvalue weighted by atomic mass is 32.1. The van der Waals surface area contributed by atoms with Crippen molar-refractivity contribution in [1.82, 2.24) is 9.78 Å². The Morgan fingerprint density at radius 3 is 2.57 bits per heavy atom. The molecular weight excluding hydrogens is 414 g/mol. The Bertz CT molecular complexity index is 961. The zero-order valence-corrected chi connectivity index (χ0v) is 17.9. The lowest BCUT2D eigenvalue weighted by Gasteiger charge is -2.10. The van der Waals surface area contributed by atoms with Crippen molar-refractivity contribution in [3.63, 3.8) is 0 Å². The van der Waals surface area contributed by atoms with Crippen molar-refractivity contribution in [2.24, 2.45) is 0 Å². The zero-order valence-electron chi connectivity index (χ0n) is 17.1. The van der Waals surface area contributed by atoms with E-state index >= 15 is 0 Å². The predicted octanol–water partition coefficient (Wildman–Crippen LogP) is 2.72. The molecule has 0 aromatic carbocycles. The topological polar surface area (TPSA) is 137 Å². The normalized spacial score (nSPS) is 10.7. The summed E-state index contributed by atoms with van der Waals surface area (Å²) >= 11 is 0.914. The number of carboxylic acid groups (broad SMARTS) is 1. The lowest BCUT2D eigenvalue weighted by atomic mass is 10.1. The number of aryl methyl sites for hydroxylation is 1. The van der Waals surface area contributed by atoms with E-state index in [0.29, 0.717) is 5.56 Å². The first-order chi connectivity index (χ1) is 14.1. The number of nitrogens with zero attached hydrogens (tertiary/aromatic N) is 2. The first-order valence-electron chi connectivity index (χ1n) is 9.22. The zero-order chi connectivity index (χ0) is 22.4. The number of hydrogen-bond donors (Lipinski definition) is 2. The number of anilines is 1. The minimum atomic E-state index is -0.981. The van der Waals surface area contributed by atoms with Crippen LogP contribution in [-0.2, 0) is 20.8 Å². The Labute approximate surface area is 176 Å². The molecule has 0 aliphatic rings. The smallest absolute Gasteiger partial charge is 0.348 e. The minimum Gasteiger partial charge on any atom is -0.481 e. The lowest BCUT2D eigenvalue weighted by Crippen LogP contribution is -2.17. The molecule has 2 N–H and O–H groups in total. The van der Waals surface area contributed by atoms with Crippen LogP contribution in [0.25, 0.3) is 0 Å². The maximum absolute atomic E-state index is 12.6. The van der Waals surface area contributed by atoms with E-state index in [0.717, 1.165) is 11.3 Å². The third-order valence-corrected chi connectivity index (χ3v) is 5.00. The van der Waals surface area contributed by atoms with E-state index in [1.54, 1.807) is 27.7 Å². The monoisotopic (exact) mass is 437 g/mol. The van der Waals surface area contributed by atoms with Crippen molar-refractivity contribution in [3.8, 4) is 0 Å². The number of aliphatic carboxylic acids is 1. The molecule has 1 amide bonds. The van der Waals surface area contributed by atoms with E-state index in [9.17, 15) is 19.2 Å². The van der Waals surface area contributed by atoms with Gasteiger partial charge in [0.2, 0.25) is 0 Å². The Balaban J connectivity index is 2.31. The lowest BCUT2D eigenvalue weighted by molar-refractivity contribution is -0.137. The second-order valence-corrected chi connectivity index (χ2v) is 7.52. The Morgan fingerprint density at radius 2 is 1.97 bits per heavy atom. The van der Waals surface area contributed by atoms with Crippen LogP contribution in [-0.4, -0.2) is 51.4 Å².